The molecule has 1 aliphatic heterocycles. The van der Waals surface area contributed by atoms with Crippen LogP contribution in [0.15, 0.2) is 59.1 Å². The van der Waals surface area contributed by atoms with Crippen molar-refractivity contribution in [3.8, 4) is 0 Å². The summed E-state index contributed by atoms with van der Waals surface area (Å²) in [7, 11) is 0. The second-order valence-electron chi connectivity index (χ2n) is 11.5. The van der Waals surface area contributed by atoms with Gasteiger partial charge >= 0.3 is 6.09 Å². The highest BCUT2D eigenvalue weighted by Gasteiger charge is 2.37. The van der Waals surface area contributed by atoms with Crippen LogP contribution >= 0.6 is 0 Å². The van der Waals surface area contributed by atoms with E-state index in [-0.39, 0.29) is 24.3 Å². The Labute approximate surface area is 273 Å². The number of primary amides is 1. The number of carbonyl (C=O) groups is 4. The predicted molar refractivity (Wildman–Crippen MR) is 178 cm³/mol. The minimum absolute atomic E-state index is 0.0959. The van der Waals surface area contributed by atoms with Gasteiger partial charge in [0.1, 0.15) is 18.7 Å². The Morgan fingerprint density at radius 1 is 1.04 bits per heavy atom. The van der Waals surface area contributed by atoms with Crippen molar-refractivity contribution in [2.75, 3.05) is 6.54 Å². The van der Waals surface area contributed by atoms with Crippen molar-refractivity contribution in [3.05, 3.63) is 83.0 Å². The van der Waals surface area contributed by atoms with E-state index in [1.165, 1.54) is 10.5 Å². The number of aromatic nitrogens is 2. The molecule has 1 saturated heterocycles. The summed E-state index contributed by atoms with van der Waals surface area (Å²) in [5, 5.41) is 6.12. The summed E-state index contributed by atoms with van der Waals surface area (Å²) >= 11 is 0. The van der Waals surface area contributed by atoms with Crippen molar-refractivity contribution in [2.24, 2.45) is 17.6 Å². The number of nitrogens with two attached hydrogens (primary N) is 1. The SMILES string of the molecule is CC.CC(C)C.CC(C)C(NC(=O)OCc1ccccc1)C(=O)N1CCC[C@H]1C(N)=O.Cc1ccccc1Cc1nc(C=O)no1. The Bertz CT molecular complexity index is 1340. The topological polar surface area (TPSA) is 158 Å². The normalized spacial score (nSPS) is 14.0. The lowest BCUT2D eigenvalue weighted by Gasteiger charge is -2.29. The molecule has 1 aromatic heterocycles. The maximum absolute atomic E-state index is 12.8. The highest BCUT2D eigenvalue weighted by atomic mass is 16.5. The molecule has 0 aliphatic carbocycles. The average molecular weight is 638 g/mol. The van der Waals surface area contributed by atoms with E-state index in [2.05, 4.69) is 36.2 Å². The number of nitrogens with one attached hydrogen (secondary N) is 1. The number of nitrogens with zero attached hydrogens (tertiary/aromatic N) is 3. The first-order valence-electron chi connectivity index (χ1n) is 15.8. The monoisotopic (exact) mass is 637 g/mol. The van der Waals surface area contributed by atoms with Gasteiger partial charge in [0.05, 0.1) is 6.42 Å². The molecule has 3 amide bonds. The molecule has 0 radical (unpaired) electrons. The van der Waals surface area contributed by atoms with Crippen LogP contribution in [0.3, 0.4) is 0 Å². The lowest BCUT2D eigenvalue weighted by molar-refractivity contribution is -0.139. The van der Waals surface area contributed by atoms with Gasteiger partial charge in [0, 0.05) is 6.54 Å². The minimum Gasteiger partial charge on any atom is -0.445 e. The van der Waals surface area contributed by atoms with Crippen LogP contribution in [0.1, 0.15) is 94.5 Å². The molecule has 11 heteroatoms. The molecule has 252 valence electrons. The molecular weight excluding hydrogens is 586 g/mol. The smallest absolute Gasteiger partial charge is 0.408 e. The van der Waals surface area contributed by atoms with Crippen LogP contribution in [-0.2, 0) is 27.4 Å². The molecule has 11 nitrogen and oxygen atoms in total. The number of carbonyl (C=O) groups excluding carboxylic acids is 4. The van der Waals surface area contributed by atoms with Crippen molar-refractivity contribution < 1.29 is 28.4 Å². The highest BCUT2D eigenvalue weighted by Crippen LogP contribution is 2.20. The number of aryl methyl sites for hydroxylation is 1. The van der Waals surface area contributed by atoms with E-state index in [9.17, 15) is 19.2 Å². The van der Waals surface area contributed by atoms with E-state index in [0.29, 0.717) is 31.6 Å². The molecule has 3 N–H and O–H groups in total. The van der Waals surface area contributed by atoms with Gasteiger partial charge in [0.25, 0.3) is 0 Å². The van der Waals surface area contributed by atoms with Crippen LogP contribution in [0, 0.1) is 18.8 Å². The average Bonchev–Trinajstić information content (AvgIpc) is 3.71. The fraction of sp³-hybridized carbons (Fsp3) is 0.486. The molecule has 1 unspecified atom stereocenters. The number of aldehydes is 1. The molecule has 1 aliphatic rings. The maximum atomic E-state index is 12.8. The van der Waals surface area contributed by atoms with Crippen molar-refractivity contribution in [1.29, 1.82) is 0 Å². The molecule has 4 rings (SSSR count). The molecule has 3 aromatic rings. The summed E-state index contributed by atoms with van der Waals surface area (Å²) in [6, 6.07) is 15.9. The molecule has 1 fully saturated rings. The number of benzene rings is 2. The summed E-state index contributed by atoms with van der Waals surface area (Å²) in [6.45, 7) is 16.8. The zero-order valence-electron chi connectivity index (χ0n) is 28.5. The molecule has 0 spiro atoms. The van der Waals surface area contributed by atoms with Crippen molar-refractivity contribution >= 4 is 24.2 Å². The first kappa shape index (κ1) is 39.5. The Morgan fingerprint density at radius 3 is 2.20 bits per heavy atom. The number of alkyl carbamates (subject to hydrolysis) is 1. The van der Waals surface area contributed by atoms with Crippen molar-refractivity contribution in [3.63, 3.8) is 0 Å². The molecular formula is C35H51N5O6. The Morgan fingerprint density at radius 2 is 1.65 bits per heavy atom. The Hall–Kier alpha value is -4.54. The summed E-state index contributed by atoms with van der Waals surface area (Å²) in [6.07, 6.45) is 1.76. The largest absolute Gasteiger partial charge is 0.445 e. The van der Waals surface area contributed by atoms with Crippen LogP contribution in [-0.4, -0.2) is 57.9 Å². The van der Waals surface area contributed by atoms with Gasteiger partial charge in [0.15, 0.2) is 6.29 Å². The molecule has 0 saturated carbocycles. The standard InChI is InChI=1S/C18H25N3O4.C11H10N2O2.C4H10.C2H6/c1-12(2)15(17(23)21-10-6-9-14(21)16(19)22)20-18(24)25-11-13-7-4-3-5-8-13;1-8-4-2-3-5-9(8)6-11-12-10(7-14)13-15-11;1-4(2)3;1-2/h3-5,7-8,12,14-15H,6,9-11H2,1-2H3,(H2,19,22)(H,20,24);2-5,7H,6H2,1H3;4H,1-3H3;1-2H3/t14-,15?;;;/m0.../s1. The molecule has 2 atom stereocenters. The Balaban J connectivity index is 0.000000425. The van der Waals surface area contributed by atoms with Crippen LogP contribution in [0.4, 0.5) is 4.79 Å². The van der Waals surface area contributed by atoms with Gasteiger partial charge < -0.3 is 25.2 Å². The van der Waals surface area contributed by atoms with E-state index < -0.39 is 24.1 Å². The van der Waals surface area contributed by atoms with Gasteiger partial charge in [0.2, 0.25) is 23.5 Å². The van der Waals surface area contributed by atoms with E-state index in [4.69, 9.17) is 15.0 Å². The fourth-order valence-electron chi connectivity index (χ4n) is 4.27. The van der Waals surface area contributed by atoms with Crippen molar-refractivity contribution in [2.45, 2.75) is 93.3 Å². The van der Waals surface area contributed by atoms with E-state index >= 15 is 0 Å². The van der Waals surface area contributed by atoms with Crippen LogP contribution in [0.25, 0.3) is 0 Å². The summed E-state index contributed by atoms with van der Waals surface area (Å²) in [5.41, 5.74) is 8.52. The van der Waals surface area contributed by atoms with Crippen LogP contribution in [0.5, 0.6) is 0 Å². The van der Waals surface area contributed by atoms with E-state index in [1.54, 1.807) is 0 Å². The van der Waals surface area contributed by atoms with E-state index in [1.807, 2.05) is 89.2 Å². The Kier molecular flexibility index (Phi) is 18.2. The second-order valence-corrected chi connectivity index (χ2v) is 11.5. The first-order valence-corrected chi connectivity index (χ1v) is 15.8. The van der Waals surface area contributed by atoms with Gasteiger partial charge in [-0.1, -0.05) is 108 Å². The van der Waals surface area contributed by atoms with Crippen molar-refractivity contribution in [1.82, 2.24) is 20.4 Å². The molecule has 2 aromatic carbocycles. The van der Waals surface area contributed by atoms with Crippen LogP contribution < -0.4 is 11.1 Å². The third-order valence-electron chi connectivity index (χ3n) is 6.48. The number of rotatable bonds is 9. The minimum atomic E-state index is -0.761. The van der Waals surface area contributed by atoms with Gasteiger partial charge in [-0.2, -0.15) is 4.98 Å². The molecule has 2 heterocycles. The number of amides is 3. The zero-order valence-corrected chi connectivity index (χ0v) is 28.5. The van der Waals surface area contributed by atoms with Crippen LogP contribution in [0.2, 0.25) is 0 Å². The summed E-state index contributed by atoms with van der Waals surface area (Å²) < 4.78 is 10.1. The third kappa shape index (κ3) is 14.0. The predicted octanol–water partition coefficient (Wildman–Crippen LogP) is 5.88. The quantitative estimate of drug-likeness (QED) is 0.275. The number of hydrogen-bond acceptors (Lipinski definition) is 8. The highest BCUT2D eigenvalue weighted by molar-refractivity contribution is 5.91. The second kappa shape index (κ2) is 21.2. The van der Waals surface area contributed by atoms with Gasteiger partial charge in [-0.25, -0.2) is 4.79 Å². The maximum Gasteiger partial charge on any atom is 0.408 e. The number of ether oxygens (including phenoxy) is 1. The summed E-state index contributed by atoms with van der Waals surface area (Å²) in [4.78, 5) is 52.1. The lowest BCUT2D eigenvalue weighted by atomic mass is 10.0. The zero-order chi connectivity index (χ0) is 34.6. The number of likely N-dealkylation sites (tertiary alicyclic amines) is 1. The summed E-state index contributed by atoms with van der Waals surface area (Å²) in [5.74, 6) is 0.434. The van der Waals surface area contributed by atoms with Gasteiger partial charge in [-0.05, 0) is 48.3 Å². The molecule has 0 bridgehead atoms. The first-order chi connectivity index (χ1) is 21.9. The van der Waals surface area contributed by atoms with Gasteiger partial charge in [-0.3, -0.25) is 14.4 Å². The molecule has 46 heavy (non-hydrogen) atoms. The lowest BCUT2D eigenvalue weighted by Crippen LogP contribution is -2.54. The fourth-order valence-corrected chi connectivity index (χ4v) is 4.27. The third-order valence-corrected chi connectivity index (χ3v) is 6.48. The van der Waals surface area contributed by atoms with E-state index in [0.717, 1.165) is 23.5 Å². The number of hydrogen-bond donors (Lipinski definition) is 2. The van der Waals surface area contributed by atoms with Gasteiger partial charge in [-0.15, -0.1) is 0 Å².